The lowest BCUT2D eigenvalue weighted by molar-refractivity contribution is 0.0819. The molecule has 2 bridgehead atoms. The van der Waals surface area contributed by atoms with Gasteiger partial charge in [-0.1, -0.05) is 27.7 Å². The molecule has 0 spiro atoms. The fourth-order valence-electron chi connectivity index (χ4n) is 4.45. The standard InChI is InChI=1S/C12H22/c1-5-12-7-6-10(8-9(12)2)11(12,3)4/h9-10H,5-8H2,1-4H3. The van der Waals surface area contributed by atoms with Crippen molar-refractivity contribution in [3.63, 3.8) is 0 Å². The minimum absolute atomic E-state index is 0.640. The van der Waals surface area contributed by atoms with E-state index in [1.807, 2.05) is 0 Å². The molecule has 0 nitrogen and oxygen atoms in total. The first kappa shape index (κ1) is 8.59. The Balaban J connectivity index is 2.39. The highest BCUT2D eigenvalue weighted by atomic mass is 14.7. The summed E-state index contributed by atoms with van der Waals surface area (Å²) >= 11 is 0. The molecule has 3 atom stereocenters. The van der Waals surface area contributed by atoms with Gasteiger partial charge in [-0.15, -0.1) is 0 Å². The minimum Gasteiger partial charge on any atom is -0.0648 e. The number of hydrogen-bond donors (Lipinski definition) is 0. The first-order valence-electron chi connectivity index (χ1n) is 5.54. The van der Waals surface area contributed by atoms with E-state index < -0.39 is 0 Å². The molecule has 2 aliphatic carbocycles. The van der Waals surface area contributed by atoms with E-state index in [2.05, 4.69) is 27.7 Å². The number of hydrogen-bond acceptors (Lipinski definition) is 0. The van der Waals surface area contributed by atoms with Crippen molar-refractivity contribution in [2.45, 2.75) is 53.4 Å². The van der Waals surface area contributed by atoms with E-state index in [9.17, 15) is 0 Å². The molecule has 0 heterocycles. The molecule has 0 aromatic heterocycles. The summed E-state index contributed by atoms with van der Waals surface area (Å²) in [5.41, 5.74) is 1.35. The van der Waals surface area contributed by atoms with Crippen molar-refractivity contribution < 1.29 is 0 Å². The van der Waals surface area contributed by atoms with Crippen LogP contribution in [0.25, 0.3) is 0 Å². The van der Waals surface area contributed by atoms with Gasteiger partial charge in [0.25, 0.3) is 0 Å². The summed E-state index contributed by atoms with van der Waals surface area (Å²) in [6.07, 6.45) is 5.91. The van der Waals surface area contributed by atoms with Crippen LogP contribution in [0.1, 0.15) is 53.4 Å². The Kier molecular flexibility index (Phi) is 1.63. The van der Waals surface area contributed by atoms with E-state index in [1.54, 1.807) is 0 Å². The SMILES string of the molecule is CCC12CCC(CC1C)C2(C)C. The van der Waals surface area contributed by atoms with E-state index in [1.165, 1.54) is 25.7 Å². The van der Waals surface area contributed by atoms with Gasteiger partial charge in [0.2, 0.25) is 0 Å². The zero-order valence-corrected chi connectivity index (χ0v) is 8.98. The summed E-state index contributed by atoms with van der Waals surface area (Å²) in [5.74, 6) is 2.02. The van der Waals surface area contributed by atoms with Crippen LogP contribution in [0, 0.1) is 22.7 Å². The van der Waals surface area contributed by atoms with E-state index >= 15 is 0 Å². The summed E-state index contributed by atoms with van der Waals surface area (Å²) in [6, 6.07) is 0. The molecule has 3 unspecified atom stereocenters. The predicted octanol–water partition coefficient (Wildman–Crippen LogP) is 3.86. The Morgan fingerprint density at radius 2 is 2.00 bits per heavy atom. The monoisotopic (exact) mass is 166 g/mol. The second-order valence-corrected chi connectivity index (χ2v) is 5.60. The Labute approximate surface area is 76.7 Å². The highest BCUT2D eigenvalue weighted by Crippen LogP contribution is 2.69. The largest absolute Gasteiger partial charge is 0.0648 e. The summed E-state index contributed by atoms with van der Waals surface area (Å²) < 4.78 is 0. The summed E-state index contributed by atoms with van der Waals surface area (Å²) in [6.45, 7) is 9.89. The maximum atomic E-state index is 2.51. The molecule has 2 aliphatic rings. The second kappa shape index (κ2) is 2.27. The third-order valence-corrected chi connectivity index (χ3v) is 5.46. The fourth-order valence-corrected chi connectivity index (χ4v) is 4.45. The fraction of sp³-hybridized carbons (Fsp3) is 1.00. The minimum atomic E-state index is 0.640. The van der Waals surface area contributed by atoms with Crippen LogP contribution in [-0.2, 0) is 0 Å². The quantitative estimate of drug-likeness (QED) is 0.555. The van der Waals surface area contributed by atoms with Crippen LogP contribution < -0.4 is 0 Å². The first-order chi connectivity index (χ1) is 5.54. The lowest BCUT2D eigenvalue weighted by Gasteiger charge is -2.41. The van der Waals surface area contributed by atoms with E-state index in [0.717, 1.165) is 11.8 Å². The summed E-state index contributed by atoms with van der Waals surface area (Å²) in [4.78, 5) is 0. The molecule has 2 fully saturated rings. The molecule has 0 radical (unpaired) electrons. The Hall–Kier alpha value is 0. The number of fused-ring (bicyclic) bond motifs is 2. The summed E-state index contributed by atoms with van der Waals surface area (Å²) in [5, 5.41) is 0. The van der Waals surface area contributed by atoms with Crippen molar-refractivity contribution >= 4 is 0 Å². The van der Waals surface area contributed by atoms with Gasteiger partial charge in [0, 0.05) is 0 Å². The Bertz CT molecular complexity index is 192. The number of rotatable bonds is 1. The second-order valence-electron chi connectivity index (χ2n) is 5.60. The van der Waals surface area contributed by atoms with Crippen LogP contribution in [0.3, 0.4) is 0 Å². The van der Waals surface area contributed by atoms with Gasteiger partial charge in [0.1, 0.15) is 0 Å². The maximum Gasteiger partial charge on any atom is -0.0220 e. The van der Waals surface area contributed by atoms with Crippen molar-refractivity contribution in [2.75, 3.05) is 0 Å². The molecule has 2 rings (SSSR count). The average Bonchev–Trinajstić information content (AvgIpc) is 2.36. The van der Waals surface area contributed by atoms with Crippen LogP contribution in [0.5, 0.6) is 0 Å². The molecule has 0 saturated heterocycles. The van der Waals surface area contributed by atoms with Gasteiger partial charge in [0.15, 0.2) is 0 Å². The van der Waals surface area contributed by atoms with Crippen molar-refractivity contribution in [2.24, 2.45) is 22.7 Å². The lowest BCUT2D eigenvalue weighted by Crippen LogP contribution is -2.33. The molecular formula is C12H22. The molecule has 0 aromatic carbocycles. The molecule has 0 aromatic rings. The highest BCUT2D eigenvalue weighted by molar-refractivity contribution is 5.10. The third-order valence-electron chi connectivity index (χ3n) is 5.46. The normalized spacial score (nSPS) is 50.0. The van der Waals surface area contributed by atoms with Crippen molar-refractivity contribution in [1.82, 2.24) is 0 Å². The van der Waals surface area contributed by atoms with Crippen molar-refractivity contribution in [3.8, 4) is 0 Å². The molecule has 2 saturated carbocycles. The van der Waals surface area contributed by atoms with Crippen LogP contribution in [0.4, 0.5) is 0 Å². The topological polar surface area (TPSA) is 0 Å². The molecule has 0 amide bonds. The van der Waals surface area contributed by atoms with Crippen LogP contribution in [0.15, 0.2) is 0 Å². The molecule has 70 valence electrons. The van der Waals surface area contributed by atoms with Crippen molar-refractivity contribution in [3.05, 3.63) is 0 Å². The first-order valence-corrected chi connectivity index (χ1v) is 5.54. The predicted molar refractivity (Wildman–Crippen MR) is 53.0 cm³/mol. The maximum absolute atomic E-state index is 2.51. The van der Waals surface area contributed by atoms with Crippen LogP contribution in [0.2, 0.25) is 0 Å². The van der Waals surface area contributed by atoms with Gasteiger partial charge in [-0.25, -0.2) is 0 Å². The molecule has 0 N–H and O–H groups in total. The van der Waals surface area contributed by atoms with Crippen LogP contribution in [-0.4, -0.2) is 0 Å². The van der Waals surface area contributed by atoms with E-state index in [0.29, 0.717) is 10.8 Å². The molecule has 0 aliphatic heterocycles. The Morgan fingerprint density at radius 1 is 1.33 bits per heavy atom. The zero-order chi connectivity index (χ0) is 8.98. The van der Waals surface area contributed by atoms with E-state index in [-0.39, 0.29) is 0 Å². The Morgan fingerprint density at radius 3 is 2.25 bits per heavy atom. The molecule has 0 heteroatoms. The third kappa shape index (κ3) is 0.701. The van der Waals surface area contributed by atoms with Crippen LogP contribution >= 0.6 is 0 Å². The zero-order valence-electron chi connectivity index (χ0n) is 8.98. The summed E-state index contributed by atoms with van der Waals surface area (Å²) in [7, 11) is 0. The molecule has 12 heavy (non-hydrogen) atoms. The highest BCUT2D eigenvalue weighted by Gasteiger charge is 2.60. The van der Waals surface area contributed by atoms with Gasteiger partial charge in [0.05, 0.1) is 0 Å². The van der Waals surface area contributed by atoms with Gasteiger partial charge in [-0.3, -0.25) is 0 Å². The van der Waals surface area contributed by atoms with Gasteiger partial charge < -0.3 is 0 Å². The van der Waals surface area contributed by atoms with Gasteiger partial charge >= 0.3 is 0 Å². The smallest absolute Gasteiger partial charge is 0.0220 e. The van der Waals surface area contributed by atoms with Gasteiger partial charge in [-0.05, 0) is 48.3 Å². The van der Waals surface area contributed by atoms with E-state index in [4.69, 9.17) is 0 Å². The molecular weight excluding hydrogens is 144 g/mol. The van der Waals surface area contributed by atoms with Crippen molar-refractivity contribution in [1.29, 1.82) is 0 Å². The average molecular weight is 166 g/mol. The lowest BCUT2D eigenvalue weighted by atomic mass is 9.64. The van der Waals surface area contributed by atoms with Gasteiger partial charge in [-0.2, -0.15) is 0 Å².